The molecule has 0 aliphatic carbocycles. The predicted octanol–water partition coefficient (Wildman–Crippen LogP) is 7.59. The molecule has 70 heavy (non-hydrogen) atoms. The summed E-state index contributed by atoms with van der Waals surface area (Å²) in [6, 6.07) is 15.7. The third kappa shape index (κ3) is 13.2. The zero-order valence-electron chi connectivity index (χ0n) is 40.3. The topological polar surface area (TPSA) is 208 Å². The molecule has 0 bridgehead atoms. The maximum Gasteiger partial charge on any atom is 0.255 e. The highest BCUT2D eigenvalue weighted by Crippen LogP contribution is 2.39. The lowest BCUT2D eigenvalue weighted by Crippen LogP contribution is -2.52. The Morgan fingerprint density at radius 1 is 0.900 bits per heavy atom. The SMILES string of the molecule is Cc1cc(Nc2ncc(Cl)c(Nc3ccccc3S(=O)(=O)C(C)C)n2)c(OC(C)C)cc1C1CCN(C(=O)CCOCCOCCOCCSc2cccc3c2CN(C2CCC(=O)NC2=O)C3=O)CC1. The number of hydrogen-bond acceptors (Lipinski definition) is 15. The van der Waals surface area contributed by atoms with Gasteiger partial charge >= 0.3 is 0 Å². The van der Waals surface area contributed by atoms with Crippen molar-refractivity contribution in [3.05, 3.63) is 88.1 Å². The van der Waals surface area contributed by atoms with Crippen LogP contribution in [0.2, 0.25) is 5.02 Å². The van der Waals surface area contributed by atoms with Gasteiger partial charge in [0, 0.05) is 42.3 Å². The number of anilines is 4. The van der Waals surface area contributed by atoms with E-state index in [1.807, 2.05) is 36.9 Å². The van der Waals surface area contributed by atoms with Crippen LogP contribution in [0.1, 0.15) is 92.8 Å². The number of sulfone groups is 1. The van der Waals surface area contributed by atoms with Gasteiger partial charge in [-0.05, 0) is 113 Å². The number of nitrogens with one attached hydrogen (secondary N) is 3. The summed E-state index contributed by atoms with van der Waals surface area (Å²) in [5.74, 6) is 1.17. The first-order valence-corrected chi connectivity index (χ1v) is 26.6. The van der Waals surface area contributed by atoms with Gasteiger partial charge in [0.25, 0.3) is 5.91 Å². The summed E-state index contributed by atoms with van der Waals surface area (Å²) in [7, 11) is -3.59. The molecule has 0 spiro atoms. The minimum absolute atomic E-state index is 0.0614. The van der Waals surface area contributed by atoms with Gasteiger partial charge in [-0.3, -0.25) is 24.5 Å². The van der Waals surface area contributed by atoms with Crippen molar-refractivity contribution < 1.29 is 46.5 Å². The summed E-state index contributed by atoms with van der Waals surface area (Å²) in [4.78, 5) is 63.8. The zero-order valence-corrected chi connectivity index (χ0v) is 42.6. The molecule has 4 amide bonds. The molecule has 2 saturated heterocycles. The molecule has 2 fully saturated rings. The fourth-order valence-corrected chi connectivity index (χ4v) is 10.9. The molecule has 3 aliphatic rings. The molecule has 7 rings (SSSR count). The van der Waals surface area contributed by atoms with E-state index in [1.165, 1.54) is 6.20 Å². The maximum atomic E-state index is 13.1. The van der Waals surface area contributed by atoms with Crippen molar-refractivity contribution in [2.24, 2.45) is 0 Å². The molecule has 3 aliphatic heterocycles. The Balaban J connectivity index is 0.796. The lowest BCUT2D eigenvalue weighted by molar-refractivity contribution is -0.137. The van der Waals surface area contributed by atoms with E-state index in [9.17, 15) is 27.6 Å². The number of ether oxygens (including phenoxy) is 4. The summed E-state index contributed by atoms with van der Waals surface area (Å²) in [6.07, 6.45) is 3.78. The van der Waals surface area contributed by atoms with Crippen LogP contribution in [0.15, 0.2) is 70.6 Å². The van der Waals surface area contributed by atoms with Crippen molar-refractivity contribution in [2.75, 3.05) is 69.1 Å². The summed E-state index contributed by atoms with van der Waals surface area (Å²) in [5.41, 5.74) is 4.72. The highest BCUT2D eigenvalue weighted by atomic mass is 35.5. The highest BCUT2D eigenvalue weighted by Gasteiger charge is 2.40. The number of imide groups is 1. The number of piperidine rings is 2. The van der Waals surface area contributed by atoms with E-state index in [0.717, 1.165) is 34.4 Å². The average Bonchev–Trinajstić information content (AvgIpc) is 3.67. The Morgan fingerprint density at radius 3 is 2.33 bits per heavy atom. The quantitative estimate of drug-likeness (QED) is 0.0372. The van der Waals surface area contributed by atoms with Gasteiger partial charge in [0.15, 0.2) is 15.7 Å². The van der Waals surface area contributed by atoms with E-state index < -0.39 is 27.0 Å². The number of aromatic nitrogens is 2. The molecule has 1 atom stereocenters. The first kappa shape index (κ1) is 52.5. The summed E-state index contributed by atoms with van der Waals surface area (Å²) in [6.45, 7) is 13.2. The Hall–Kier alpha value is -5.31. The third-order valence-electron chi connectivity index (χ3n) is 12.3. The molecule has 1 aromatic heterocycles. The second kappa shape index (κ2) is 24.2. The van der Waals surface area contributed by atoms with Gasteiger partial charge in [-0.15, -0.1) is 11.8 Å². The Morgan fingerprint density at radius 2 is 1.61 bits per heavy atom. The first-order chi connectivity index (χ1) is 33.6. The number of carbonyl (C=O) groups excluding carboxylic acids is 4. The van der Waals surface area contributed by atoms with Crippen LogP contribution in [-0.4, -0.2) is 128 Å². The van der Waals surface area contributed by atoms with E-state index in [1.54, 1.807) is 60.8 Å². The van der Waals surface area contributed by atoms with Gasteiger partial charge in [0.1, 0.15) is 16.8 Å². The van der Waals surface area contributed by atoms with Crippen molar-refractivity contribution in [3.8, 4) is 5.75 Å². The molecule has 20 heteroatoms. The number of benzene rings is 3. The molecule has 17 nitrogen and oxygen atoms in total. The van der Waals surface area contributed by atoms with Gasteiger partial charge in [-0.25, -0.2) is 13.4 Å². The second-order valence-electron chi connectivity index (χ2n) is 17.9. The van der Waals surface area contributed by atoms with Crippen LogP contribution in [-0.2, 0) is 45.0 Å². The molecular formula is C50H62ClN7O10S2. The van der Waals surface area contributed by atoms with E-state index in [-0.39, 0.29) is 57.8 Å². The van der Waals surface area contributed by atoms with Crippen molar-refractivity contribution in [1.29, 1.82) is 0 Å². The van der Waals surface area contributed by atoms with Crippen molar-refractivity contribution >= 4 is 80.0 Å². The molecule has 3 N–H and O–H groups in total. The number of thioether (sulfide) groups is 1. The van der Waals surface area contributed by atoms with Crippen LogP contribution in [0, 0.1) is 6.92 Å². The van der Waals surface area contributed by atoms with E-state index >= 15 is 0 Å². The van der Waals surface area contributed by atoms with Crippen molar-refractivity contribution in [1.82, 2.24) is 25.1 Å². The maximum absolute atomic E-state index is 13.1. The largest absolute Gasteiger partial charge is 0.489 e. The van der Waals surface area contributed by atoms with E-state index in [4.69, 9.17) is 30.5 Å². The Bertz CT molecular complexity index is 2650. The normalized spacial score (nSPS) is 16.5. The number of halogens is 1. The number of nitrogens with zero attached hydrogens (tertiary/aromatic N) is 4. The van der Waals surface area contributed by atoms with Crippen LogP contribution in [0.3, 0.4) is 0 Å². The van der Waals surface area contributed by atoms with Gasteiger partial charge in [0.05, 0.1) is 79.9 Å². The minimum atomic E-state index is -3.59. The van der Waals surface area contributed by atoms with E-state index in [2.05, 4.69) is 38.9 Å². The number of amides is 4. The summed E-state index contributed by atoms with van der Waals surface area (Å²) >= 11 is 8.10. The zero-order chi connectivity index (χ0) is 50.0. The van der Waals surface area contributed by atoms with Crippen LogP contribution in [0.25, 0.3) is 0 Å². The molecular weight excluding hydrogens is 958 g/mol. The monoisotopic (exact) mass is 1020 g/mol. The third-order valence-corrected chi connectivity index (χ3v) is 15.9. The smallest absolute Gasteiger partial charge is 0.255 e. The molecule has 0 saturated carbocycles. The first-order valence-electron chi connectivity index (χ1n) is 23.7. The number of likely N-dealkylation sites (tertiary alicyclic amines) is 1. The van der Waals surface area contributed by atoms with Crippen LogP contribution >= 0.6 is 23.4 Å². The van der Waals surface area contributed by atoms with Crippen LogP contribution in [0.4, 0.5) is 23.1 Å². The molecule has 4 aromatic rings. The van der Waals surface area contributed by atoms with Gasteiger partial charge in [-0.1, -0.05) is 29.8 Å². The summed E-state index contributed by atoms with van der Waals surface area (Å²) in [5, 5.41) is 8.34. The Labute approximate surface area is 419 Å². The predicted molar refractivity (Wildman–Crippen MR) is 268 cm³/mol. The minimum Gasteiger partial charge on any atom is -0.489 e. The molecule has 1 unspecified atom stereocenters. The second-order valence-corrected chi connectivity index (χ2v) is 21.9. The fraction of sp³-hybridized carbons (Fsp3) is 0.480. The number of fused-ring (bicyclic) bond motifs is 1. The molecule has 0 radical (unpaired) electrons. The standard InChI is InChI=1S/C50H62ClN7O10S2/c1-31(2)68-42-28-36(33(5)27-40(42)54-50-52-29-38(51)47(56-50)53-39-10-6-7-12-44(39)70(63,64)32(3)4)34-15-18-57(19-16-34)46(60)17-20-65-21-22-66-23-24-67-25-26-69-43-11-8-9-35-37(43)30-58(49(35)62)41-13-14-45(59)55-48(41)61/h6-12,27-29,31-32,34,41H,13-26,30H2,1-5H3,(H,55,59,61)(H2,52,53,54,56). The highest BCUT2D eigenvalue weighted by molar-refractivity contribution is 7.99. The molecule has 4 heterocycles. The fourth-order valence-electron chi connectivity index (χ4n) is 8.63. The van der Waals surface area contributed by atoms with Crippen LogP contribution < -0.4 is 20.7 Å². The molecule has 376 valence electrons. The lowest BCUT2D eigenvalue weighted by atomic mass is 9.86. The number of rotatable bonds is 23. The average molecular weight is 1020 g/mol. The van der Waals surface area contributed by atoms with Gasteiger partial charge in [0.2, 0.25) is 23.7 Å². The number of hydrogen-bond donors (Lipinski definition) is 3. The Kier molecular flexibility index (Phi) is 18.2. The van der Waals surface area contributed by atoms with Crippen molar-refractivity contribution in [2.45, 2.75) is 106 Å². The number of para-hydroxylation sites is 1. The van der Waals surface area contributed by atoms with Gasteiger partial charge in [-0.2, -0.15) is 4.98 Å². The van der Waals surface area contributed by atoms with Crippen molar-refractivity contribution in [3.63, 3.8) is 0 Å². The lowest BCUT2D eigenvalue weighted by Gasteiger charge is -2.33. The number of aryl methyl sites for hydroxylation is 1. The van der Waals surface area contributed by atoms with E-state index in [0.29, 0.717) is 101 Å². The molecule has 3 aromatic carbocycles. The van der Waals surface area contributed by atoms with Gasteiger partial charge < -0.3 is 39.4 Å². The number of carbonyl (C=O) groups is 4. The summed E-state index contributed by atoms with van der Waals surface area (Å²) < 4.78 is 49.6. The van der Waals surface area contributed by atoms with Crippen LogP contribution in [0.5, 0.6) is 5.75 Å².